The first-order valence-electron chi connectivity index (χ1n) is 4.90. The van der Waals surface area contributed by atoms with Crippen LogP contribution >= 0.6 is 11.6 Å². The topological polar surface area (TPSA) is 66.1 Å². The second-order valence-corrected chi connectivity index (χ2v) is 6.06. The smallest absolute Gasteiger partial charge is 0.262 e. The molecule has 0 amide bonds. The lowest BCUT2D eigenvalue weighted by atomic mass is 10.3. The van der Waals surface area contributed by atoms with E-state index in [1.165, 1.54) is 11.4 Å². The van der Waals surface area contributed by atoms with Crippen LogP contribution in [0, 0.1) is 6.92 Å². The Morgan fingerprint density at radius 2 is 2.06 bits per heavy atom. The van der Waals surface area contributed by atoms with Gasteiger partial charge in [-0.15, -0.1) is 11.6 Å². The van der Waals surface area contributed by atoms with E-state index in [0.717, 1.165) is 0 Å². The van der Waals surface area contributed by atoms with Gasteiger partial charge in [0.05, 0.1) is 5.88 Å². The van der Waals surface area contributed by atoms with E-state index in [1.807, 2.05) is 0 Å². The molecule has 0 saturated heterocycles. The van der Waals surface area contributed by atoms with E-state index in [2.05, 4.69) is 10.2 Å². The molecule has 0 bridgehead atoms. The van der Waals surface area contributed by atoms with E-state index in [1.54, 1.807) is 20.8 Å². The van der Waals surface area contributed by atoms with Gasteiger partial charge in [0.15, 0.2) is 5.03 Å². The summed E-state index contributed by atoms with van der Waals surface area (Å²) < 4.78 is 25.6. The lowest BCUT2D eigenvalue weighted by Gasteiger charge is -2.19. The van der Waals surface area contributed by atoms with Crippen LogP contribution in [0.1, 0.15) is 25.1 Å². The Bertz CT molecular complexity index is 467. The number of hydrogen-bond donors (Lipinski definition) is 1. The van der Waals surface area contributed by atoms with Gasteiger partial charge in [-0.3, -0.25) is 5.10 Å². The molecule has 5 nitrogen and oxygen atoms in total. The summed E-state index contributed by atoms with van der Waals surface area (Å²) in [6, 6.07) is -0.120. The van der Waals surface area contributed by atoms with E-state index >= 15 is 0 Å². The maximum absolute atomic E-state index is 12.2. The average Bonchev–Trinajstić information content (AvgIpc) is 2.58. The minimum absolute atomic E-state index is 0.0243. The van der Waals surface area contributed by atoms with Crippen LogP contribution in [0.3, 0.4) is 0 Å². The first-order chi connectivity index (χ1) is 7.32. The molecule has 1 heterocycles. The number of hydrogen-bond acceptors (Lipinski definition) is 3. The number of aromatic nitrogens is 2. The number of aromatic amines is 1. The third-order valence-electron chi connectivity index (χ3n) is 2.52. The minimum atomic E-state index is -3.55. The van der Waals surface area contributed by atoms with Crippen LogP contribution in [0.25, 0.3) is 0 Å². The zero-order valence-corrected chi connectivity index (χ0v) is 11.4. The molecule has 0 radical (unpaired) electrons. The summed E-state index contributed by atoms with van der Waals surface area (Å²) in [5, 5.41) is 6.49. The quantitative estimate of drug-likeness (QED) is 0.839. The van der Waals surface area contributed by atoms with Crippen molar-refractivity contribution >= 4 is 21.6 Å². The van der Waals surface area contributed by atoms with Gasteiger partial charge in [0, 0.05) is 24.3 Å². The summed E-state index contributed by atoms with van der Waals surface area (Å²) >= 11 is 5.73. The Balaban J connectivity index is 3.27. The highest BCUT2D eigenvalue weighted by atomic mass is 35.5. The van der Waals surface area contributed by atoms with Gasteiger partial charge in [0.1, 0.15) is 0 Å². The van der Waals surface area contributed by atoms with Gasteiger partial charge >= 0.3 is 0 Å². The summed E-state index contributed by atoms with van der Waals surface area (Å²) in [5.41, 5.74) is 1.22. The number of nitrogens with one attached hydrogen (secondary N) is 1. The molecule has 0 saturated carbocycles. The van der Waals surface area contributed by atoms with E-state index in [4.69, 9.17) is 11.6 Å². The van der Waals surface area contributed by atoms with E-state index < -0.39 is 10.0 Å². The highest BCUT2D eigenvalue weighted by molar-refractivity contribution is 7.89. The standard InChI is InChI=1S/C9H16ClN3O2S/c1-6(2)13(4)16(14,15)9-8(5-10)7(3)11-12-9/h6H,5H2,1-4H3,(H,11,12). The van der Waals surface area contributed by atoms with Crippen LogP contribution in [0.4, 0.5) is 0 Å². The molecule has 7 heteroatoms. The fourth-order valence-corrected chi connectivity index (χ4v) is 3.15. The fourth-order valence-electron chi connectivity index (χ4n) is 1.21. The third-order valence-corrected chi connectivity index (χ3v) is 4.79. The van der Waals surface area contributed by atoms with Gasteiger partial charge in [0.25, 0.3) is 10.0 Å². The lowest BCUT2D eigenvalue weighted by Crippen LogP contribution is -2.33. The maximum Gasteiger partial charge on any atom is 0.262 e. The van der Waals surface area contributed by atoms with Crippen LogP contribution < -0.4 is 0 Å². The first kappa shape index (κ1) is 13.5. The molecular weight excluding hydrogens is 250 g/mol. The number of alkyl halides is 1. The number of halogens is 1. The third kappa shape index (κ3) is 2.23. The molecule has 0 fully saturated rings. The number of H-pyrrole nitrogens is 1. The molecule has 1 rings (SSSR count). The molecule has 1 N–H and O–H groups in total. The molecule has 0 aliphatic carbocycles. The normalized spacial score (nSPS) is 12.7. The van der Waals surface area contributed by atoms with Crippen molar-refractivity contribution in [3.63, 3.8) is 0 Å². The SMILES string of the molecule is Cc1[nH]nc(S(=O)(=O)N(C)C(C)C)c1CCl. The molecule has 0 aliphatic heterocycles. The monoisotopic (exact) mass is 265 g/mol. The molecule has 0 spiro atoms. The number of nitrogens with zero attached hydrogens (tertiary/aromatic N) is 2. The van der Waals surface area contributed by atoms with Gasteiger partial charge in [-0.2, -0.15) is 9.40 Å². The molecule has 0 unspecified atom stereocenters. The highest BCUT2D eigenvalue weighted by Crippen LogP contribution is 2.22. The van der Waals surface area contributed by atoms with Crippen molar-refractivity contribution in [2.24, 2.45) is 0 Å². The van der Waals surface area contributed by atoms with Crippen molar-refractivity contribution in [1.82, 2.24) is 14.5 Å². The highest BCUT2D eigenvalue weighted by Gasteiger charge is 2.29. The Morgan fingerprint density at radius 1 is 1.50 bits per heavy atom. The predicted molar refractivity (Wildman–Crippen MR) is 63.0 cm³/mol. The van der Waals surface area contributed by atoms with Gasteiger partial charge in [0.2, 0.25) is 0 Å². The Labute approximate surface area is 101 Å². The Morgan fingerprint density at radius 3 is 2.50 bits per heavy atom. The number of rotatable bonds is 4. The lowest BCUT2D eigenvalue weighted by molar-refractivity contribution is 0.408. The van der Waals surface area contributed by atoms with Gasteiger partial charge in [-0.05, 0) is 20.8 Å². The summed E-state index contributed by atoms with van der Waals surface area (Å²) in [4.78, 5) is 0. The Kier molecular flexibility index (Phi) is 3.98. The van der Waals surface area contributed by atoms with Crippen molar-refractivity contribution < 1.29 is 8.42 Å². The number of sulfonamides is 1. The van der Waals surface area contributed by atoms with Crippen molar-refractivity contribution in [2.45, 2.75) is 37.7 Å². The minimum Gasteiger partial charge on any atom is -0.281 e. The summed E-state index contributed by atoms with van der Waals surface area (Å²) in [5.74, 6) is 0.128. The van der Waals surface area contributed by atoms with Gasteiger partial charge in [-0.1, -0.05) is 0 Å². The van der Waals surface area contributed by atoms with Crippen LogP contribution in [0.5, 0.6) is 0 Å². The second-order valence-electron chi connectivity index (χ2n) is 3.88. The summed E-state index contributed by atoms with van der Waals surface area (Å²) in [6.45, 7) is 5.36. The van der Waals surface area contributed by atoms with Crippen LogP contribution in [-0.2, 0) is 15.9 Å². The van der Waals surface area contributed by atoms with Gasteiger partial charge in [-0.25, -0.2) is 8.42 Å². The van der Waals surface area contributed by atoms with E-state index in [-0.39, 0.29) is 16.9 Å². The molecule has 16 heavy (non-hydrogen) atoms. The molecule has 0 aromatic carbocycles. The first-order valence-corrected chi connectivity index (χ1v) is 6.87. The van der Waals surface area contributed by atoms with E-state index in [0.29, 0.717) is 11.3 Å². The van der Waals surface area contributed by atoms with Crippen molar-refractivity contribution in [3.05, 3.63) is 11.3 Å². The van der Waals surface area contributed by atoms with Crippen molar-refractivity contribution in [3.8, 4) is 0 Å². The predicted octanol–water partition coefficient (Wildman–Crippen LogP) is 1.49. The van der Waals surface area contributed by atoms with Crippen LogP contribution in [-0.4, -0.2) is 36.0 Å². The summed E-state index contributed by atoms with van der Waals surface area (Å²) in [6.07, 6.45) is 0. The zero-order valence-electron chi connectivity index (χ0n) is 9.78. The second kappa shape index (κ2) is 4.73. The zero-order chi connectivity index (χ0) is 12.5. The van der Waals surface area contributed by atoms with Crippen molar-refractivity contribution in [2.75, 3.05) is 7.05 Å². The average molecular weight is 266 g/mol. The molecule has 1 aromatic heterocycles. The maximum atomic E-state index is 12.2. The molecule has 0 aliphatic rings. The van der Waals surface area contributed by atoms with E-state index in [9.17, 15) is 8.42 Å². The molecule has 0 atom stereocenters. The summed E-state index contributed by atoms with van der Waals surface area (Å²) in [7, 11) is -2.02. The van der Waals surface area contributed by atoms with Crippen LogP contribution in [0.15, 0.2) is 5.03 Å². The van der Waals surface area contributed by atoms with Gasteiger partial charge < -0.3 is 0 Å². The molecule has 92 valence electrons. The number of aryl methyl sites for hydroxylation is 1. The fraction of sp³-hybridized carbons (Fsp3) is 0.667. The van der Waals surface area contributed by atoms with Crippen LogP contribution in [0.2, 0.25) is 0 Å². The Hall–Kier alpha value is -0.590. The molecular formula is C9H16ClN3O2S. The largest absolute Gasteiger partial charge is 0.281 e. The van der Waals surface area contributed by atoms with Crippen molar-refractivity contribution in [1.29, 1.82) is 0 Å². The molecule has 1 aromatic rings.